The lowest BCUT2D eigenvalue weighted by Gasteiger charge is -2.25. The largest absolute Gasteiger partial charge is 0.466 e. The lowest BCUT2D eigenvalue weighted by molar-refractivity contribution is -0.142. The molecular weight excluding hydrogens is 292 g/mol. The second-order valence-electron chi connectivity index (χ2n) is 5.00. The molecule has 0 fully saturated rings. The van der Waals surface area contributed by atoms with Gasteiger partial charge in [0.2, 0.25) is 0 Å². The van der Waals surface area contributed by atoms with E-state index in [0.29, 0.717) is 12.8 Å². The van der Waals surface area contributed by atoms with Crippen LogP contribution in [0.5, 0.6) is 0 Å². The van der Waals surface area contributed by atoms with Gasteiger partial charge in [0.05, 0.1) is 32.0 Å². The molecule has 0 saturated carbocycles. The van der Waals surface area contributed by atoms with Crippen LogP contribution >= 0.6 is 0 Å². The number of carbonyl (C=O) groups is 3. The first-order valence-corrected chi connectivity index (χ1v) is 6.87. The first kappa shape index (κ1) is 16.2. The van der Waals surface area contributed by atoms with E-state index in [1.807, 2.05) is 0 Å². The molecular formula is C15H18O7. The van der Waals surface area contributed by atoms with E-state index in [-0.39, 0.29) is 23.7 Å². The Morgan fingerprint density at radius 3 is 2.50 bits per heavy atom. The van der Waals surface area contributed by atoms with Crippen LogP contribution in [0, 0.1) is 0 Å². The molecule has 2 unspecified atom stereocenters. The fourth-order valence-electron chi connectivity index (χ4n) is 2.75. The summed E-state index contributed by atoms with van der Waals surface area (Å²) in [6.45, 7) is 1.53. The average Bonchev–Trinajstić information content (AvgIpc) is 3.06. The Morgan fingerprint density at radius 2 is 1.91 bits per heavy atom. The van der Waals surface area contributed by atoms with Gasteiger partial charge in [-0.1, -0.05) is 6.08 Å². The number of methoxy groups -OCH3 is 2. The van der Waals surface area contributed by atoms with Crippen molar-refractivity contribution in [2.75, 3.05) is 20.8 Å². The van der Waals surface area contributed by atoms with E-state index in [1.54, 1.807) is 12.2 Å². The number of rotatable bonds is 6. The Morgan fingerprint density at radius 1 is 1.23 bits per heavy atom. The third kappa shape index (κ3) is 2.76. The number of hydrogen-bond acceptors (Lipinski definition) is 7. The summed E-state index contributed by atoms with van der Waals surface area (Å²) < 4.78 is 20.2. The van der Waals surface area contributed by atoms with Gasteiger partial charge in [0, 0.05) is 6.92 Å². The van der Waals surface area contributed by atoms with Crippen molar-refractivity contribution in [3.05, 3.63) is 23.3 Å². The lowest BCUT2D eigenvalue weighted by Crippen LogP contribution is -2.33. The van der Waals surface area contributed by atoms with Gasteiger partial charge < -0.3 is 18.9 Å². The summed E-state index contributed by atoms with van der Waals surface area (Å²) in [4.78, 5) is 34.8. The molecule has 22 heavy (non-hydrogen) atoms. The normalized spacial score (nSPS) is 25.3. The van der Waals surface area contributed by atoms with Crippen molar-refractivity contribution >= 4 is 17.9 Å². The average molecular weight is 310 g/mol. The third-order valence-electron chi connectivity index (χ3n) is 3.65. The quantitative estimate of drug-likeness (QED) is 0.308. The summed E-state index contributed by atoms with van der Waals surface area (Å²) in [5, 5.41) is 0. The van der Waals surface area contributed by atoms with Crippen molar-refractivity contribution in [3.8, 4) is 0 Å². The van der Waals surface area contributed by atoms with Gasteiger partial charge in [-0.15, -0.1) is 0 Å². The van der Waals surface area contributed by atoms with Gasteiger partial charge >= 0.3 is 17.9 Å². The van der Waals surface area contributed by atoms with Crippen LogP contribution < -0.4 is 0 Å². The second kappa shape index (κ2) is 6.31. The van der Waals surface area contributed by atoms with Gasteiger partial charge in [-0.25, -0.2) is 9.59 Å². The van der Waals surface area contributed by atoms with Gasteiger partial charge in [-0.2, -0.15) is 0 Å². The Kier molecular flexibility index (Phi) is 4.65. The van der Waals surface area contributed by atoms with Crippen molar-refractivity contribution in [3.63, 3.8) is 0 Å². The van der Waals surface area contributed by atoms with E-state index in [0.717, 1.165) is 0 Å². The Balaban J connectivity index is 2.23. The van der Waals surface area contributed by atoms with E-state index >= 15 is 0 Å². The van der Waals surface area contributed by atoms with Crippen LogP contribution in [-0.2, 0) is 33.3 Å². The molecule has 0 aliphatic carbocycles. The number of carbonyl (C=O) groups excluding carboxylic acids is 3. The van der Waals surface area contributed by atoms with Crippen molar-refractivity contribution in [1.29, 1.82) is 0 Å². The van der Waals surface area contributed by atoms with Crippen molar-refractivity contribution in [2.24, 2.45) is 0 Å². The maximum Gasteiger partial charge on any atom is 0.337 e. The minimum Gasteiger partial charge on any atom is -0.466 e. The van der Waals surface area contributed by atoms with E-state index in [1.165, 1.54) is 21.1 Å². The SMILES string of the molecule is COC(=O)C1=C(C(=O)OC)C2(CCCOC(C)=O)C=CC1O2. The summed E-state index contributed by atoms with van der Waals surface area (Å²) in [5.41, 5.74) is -0.692. The fraction of sp³-hybridized carbons (Fsp3) is 0.533. The summed E-state index contributed by atoms with van der Waals surface area (Å²) in [6.07, 6.45) is 3.70. The van der Waals surface area contributed by atoms with Crippen LogP contribution in [0.4, 0.5) is 0 Å². The zero-order valence-corrected chi connectivity index (χ0v) is 12.7. The maximum absolute atomic E-state index is 12.1. The zero-order chi connectivity index (χ0) is 16.3. The number of fused-ring (bicyclic) bond motifs is 2. The second-order valence-corrected chi connectivity index (χ2v) is 5.00. The molecule has 120 valence electrons. The molecule has 2 rings (SSSR count). The van der Waals surface area contributed by atoms with Crippen LogP contribution in [-0.4, -0.2) is 50.4 Å². The Hall–Kier alpha value is -2.15. The molecule has 2 atom stereocenters. The molecule has 0 amide bonds. The molecule has 0 spiro atoms. The zero-order valence-electron chi connectivity index (χ0n) is 12.7. The minimum atomic E-state index is -1.03. The predicted molar refractivity (Wildman–Crippen MR) is 73.7 cm³/mol. The van der Waals surface area contributed by atoms with Gasteiger partial charge in [0.1, 0.15) is 11.7 Å². The minimum absolute atomic E-state index is 0.164. The van der Waals surface area contributed by atoms with E-state index in [2.05, 4.69) is 0 Å². The van der Waals surface area contributed by atoms with Crippen molar-refractivity contribution < 1.29 is 33.3 Å². The molecule has 0 aromatic rings. The number of esters is 3. The highest BCUT2D eigenvalue weighted by Crippen LogP contribution is 2.46. The summed E-state index contributed by atoms with van der Waals surface area (Å²) in [6, 6.07) is 0. The molecule has 0 saturated heterocycles. The summed E-state index contributed by atoms with van der Waals surface area (Å²) in [5.74, 6) is -1.61. The number of ether oxygens (including phenoxy) is 4. The third-order valence-corrected chi connectivity index (χ3v) is 3.65. The van der Waals surface area contributed by atoms with Crippen molar-refractivity contribution in [2.45, 2.75) is 31.5 Å². The topological polar surface area (TPSA) is 88.1 Å². The molecule has 0 aromatic carbocycles. The molecule has 2 bridgehead atoms. The van der Waals surface area contributed by atoms with E-state index in [9.17, 15) is 14.4 Å². The highest BCUT2D eigenvalue weighted by molar-refractivity contribution is 6.05. The Bertz CT molecular complexity index is 560. The first-order valence-electron chi connectivity index (χ1n) is 6.87. The molecule has 7 nitrogen and oxygen atoms in total. The predicted octanol–water partition coefficient (Wildman–Crippen LogP) is 0.680. The standard InChI is InChI=1S/C15H18O7/c1-9(16)21-8-4-6-15-7-5-10(22-15)11(13(17)19-2)12(15)14(18)20-3/h5,7,10H,4,6,8H2,1-3H3. The van der Waals surface area contributed by atoms with Crippen LogP contribution in [0.2, 0.25) is 0 Å². The molecule has 0 radical (unpaired) electrons. The summed E-state index contributed by atoms with van der Waals surface area (Å²) in [7, 11) is 2.49. The highest BCUT2D eigenvalue weighted by atomic mass is 16.6. The van der Waals surface area contributed by atoms with Gasteiger partial charge in [0.15, 0.2) is 0 Å². The van der Waals surface area contributed by atoms with Gasteiger partial charge in [0.25, 0.3) is 0 Å². The molecule has 7 heteroatoms. The van der Waals surface area contributed by atoms with E-state index in [4.69, 9.17) is 18.9 Å². The fourth-order valence-corrected chi connectivity index (χ4v) is 2.75. The van der Waals surface area contributed by atoms with Gasteiger partial charge in [-0.3, -0.25) is 4.79 Å². The molecule has 2 heterocycles. The van der Waals surface area contributed by atoms with Crippen LogP contribution in [0.1, 0.15) is 19.8 Å². The smallest absolute Gasteiger partial charge is 0.337 e. The van der Waals surface area contributed by atoms with Crippen LogP contribution in [0.3, 0.4) is 0 Å². The summed E-state index contributed by atoms with van der Waals surface area (Å²) >= 11 is 0. The van der Waals surface area contributed by atoms with E-state index < -0.39 is 23.6 Å². The lowest BCUT2D eigenvalue weighted by atomic mass is 9.83. The van der Waals surface area contributed by atoms with Crippen molar-refractivity contribution in [1.82, 2.24) is 0 Å². The molecule has 0 N–H and O–H groups in total. The molecule has 2 aliphatic heterocycles. The molecule has 0 aromatic heterocycles. The maximum atomic E-state index is 12.1. The molecule has 2 aliphatic rings. The van der Waals surface area contributed by atoms with Crippen LogP contribution in [0.15, 0.2) is 23.3 Å². The van der Waals surface area contributed by atoms with Crippen LogP contribution in [0.25, 0.3) is 0 Å². The highest BCUT2D eigenvalue weighted by Gasteiger charge is 2.54. The first-order chi connectivity index (χ1) is 10.4. The number of hydrogen-bond donors (Lipinski definition) is 0. The Labute approximate surface area is 127 Å². The monoisotopic (exact) mass is 310 g/mol. The van der Waals surface area contributed by atoms with Gasteiger partial charge in [-0.05, 0) is 18.9 Å².